The molecule has 0 aliphatic heterocycles. The average Bonchev–Trinajstić information content (AvgIpc) is 3.00. The topological polar surface area (TPSA) is 80.9 Å². The Bertz CT molecular complexity index is 789. The molecule has 2 heterocycles. The highest BCUT2D eigenvalue weighted by Gasteiger charge is 2.18. The summed E-state index contributed by atoms with van der Waals surface area (Å²) in [4.78, 5) is 20.3. The van der Waals surface area contributed by atoms with E-state index in [0.29, 0.717) is 16.7 Å². The van der Waals surface area contributed by atoms with E-state index in [1.807, 2.05) is 0 Å². The fourth-order valence-corrected chi connectivity index (χ4v) is 2.04. The number of hydrogen-bond donors (Lipinski definition) is 1. The average molecular weight is 286 g/mol. The Labute approximate surface area is 119 Å². The maximum absolute atomic E-state index is 13.6. The van der Waals surface area contributed by atoms with E-state index in [2.05, 4.69) is 25.0 Å². The maximum Gasteiger partial charge on any atom is 0.254 e. The van der Waals surface area contributed by atoms with Crippen LogP contribution in [0.1, 0.15) is 29.1 Å². The van der Waals surface area contributed by atoms with Crippen molar-refractivity contribution in [2.75, 3.05) is 0 Å². The molecular formula is C14H11FN4O2. The van der Waals surface area contributed by atoms with Gasteiger partial charge < -0.3 is 9.84 Å². The van der Waals surface area contributed by atoms with Crippen molar-refractivity contribution < 1.29 is 13.7 Å². The Balaban J connectivity index is 1.94. The van der Waals surface area contributed by atoms with Gasteiger partial charge in [-0.05, 0) is 25.1 Å². The van der Waals surface area contributed by atoms with Crippen LogP contribution in [-0.2, 0) is 0 Å². The van der Waals surface area contributed by atoms with Crippen molar-refractivity contribution in [3.8, 4) is 0 Å². The van der Waals surface area contributed by atoms with E-state index < -0.39 is 17.8 Å². The molecule has 0 bridgehead atoms. The molecular weight excluding hydrogens is 275 g/mol. The predicted molar refractivity (Wildman–Crippen MR) is 71.9 cm³/mol. The molecule has 2 aromatic heterocycles. The largest absolute Gasteiger partial charge is 0.343 e. The van der Waals surface area contributed by atoms with E-state index in [1.165, 1.54) is 12.5 Å². The first-order valence-corrected chi connectivity index (χ1v) is 6.26. The van der Waals surface area contributed by atoms with E-state index in [1.54, 1.807) is 25.3 Å². The molecule has 1 aromatic carbocycles. The first-order chi connectivity index (χ1) is 10.1. The van der Waals surface area contributed by atoms with Gasteiger partial charge in [-0.1, -0.05) is 11.2 Å². The zero-order chi connectivity index (χ0) is 14.8. The van der Waals surface area contributed by atoms with Crippen molar-refractivity contribution in [1.82, 2.24) is 20.4 Å². The minimum atomic E-state index is -0.493. The van der Waals surface area contributed by atoms with Gasteiger partial charge in [0.15, 0.2) is 5.82 Å². The Morgan fingerprint density at radius 1 is 1.38 bits per heavy atom. The molecule has 0 fully saturated rings. The second-order valence-corrected chi connectivity index (χ2v) is 4.51. The highest BCUT2D eigenvalue weighted by molar-refractivity contribution is 6.05. The molecule has 0 spiro atoms. The highest BCUT2D eigenvalue weighted by atomic mass is 19.1. The van der Waals surface area contributed by atoms with Gasteiger partial charge in [-0.2, -0.15) is 4.98 Å². The molecule has 7 heteroatoms. The summed E-state index contributed by atoms with van der Waals surface area (Å²) in [5, 5.41) is 6.90. The lowest BCUT2D eigenvalue weighted by atomic mass is 10.1. The van der Waals surface area contributed by atoms with Crippen molar-refractivity contribution in [3.05, 3.63) is 54.1 Å². The van der Waals surface area contributed by atoms with Crippen molar-refractivity contribution in [2.24, 2.45) is 0 Å². The third-order valence-corrected chi connectivity index (χ3v) is 3.03. The number of amides is 1. The van der Waals surface area contributed by atoms with Crippen molar-refractivity contribution in [3.63, 3.8) is 0 Å². The van der Waals surface area contributed by atoms with Gasteiger partial charge >= 0.3 is 0 Å². The third kappa shape index (κ3) is 2.58. The van der Waals surface area contributed by atoms with E-state index in [0.717, 1.165) is 6.07 Å². The number of halogens is 1. The SMILES string of the molecule is C[C@@H](NC(=O)c1cc(F)cc2cccnc12)c1ncon1. The smallest absolute Gasteiger partial charge is 0.254 e. The summed E-state index contributed by atoms with van der Waals surface area (Å²) >= 11 is 0. The zero-order valence-corrected chi connectivity index (χ0v) is 11.1. The molecule has 0 saturated heterocycles. The molecule has 106 valence electrons. The molecule has 3 aromatic rings. The van der Waals surface area contributed by atoms with Gasteiger partial charge in [-0.3, -0.25) is 9.78 Å². The van der Waals surface area contributed by atoms with Gasteiger partial charge in [-0.15, -0.1) is 0 Å². The van der Waals surface area contributed by atoms with Crippen LogP contribution in [0.5, 0.6) is 0 Å². The molecule has 3 rings (SSSR count). The van der Waals surface area contributed by atoms with Crippen LogP contribution in [0.4, 0.5) is 4.39 Å². The molecule has 1 amide bonds. The first kappa shape index (κ1) is 13.2. The quantitative estimate of drug-likeness (QED) is 0.798. The van der Waals surface area contributed by atoms with Gasteiger partial charge in [0.2, 0.25) is 6.39 Å². The lowest BCUT2D eigenvalue weighted by Gasteiger charge is -2.11. The lowest BCUT2D eigenvalue weighted by molar-refractivity contribution is 0.0939. The van der Waals surface area contributed by atoms with Gasteiger partial charge in [0.25, 0.3) is 5.91 Å². The summed E-state index contributed by atoms with van der Waals surface area (Å²) in [6.45, 7) is 1.71. The first-order valence-electron chi connectivity index (χ1n) is 6.26. The zero-order valence-electron chi connectivity index (χ0n) is 11.1. The number of fused-ring (bicyclic) bond motifs is 1. The number of benzene rings is 1. The second kappa shape index (κ2) is 5.28. The number of aromatic nitrogens is 3. The van der Waals surface area contributed by atoms with Crippen LogP contribution in [0.15, 0.2) is 41.4 Å². The van der Waals surface area contributed by atoms with E-state index >= 15 is 0 Å². The Morgan fingerprint density at radius 2 is 2.24 bits per heavy atom. The van der Waals surface area contributed by atoms with Crippen LogP contribution in [-0.4, -0.2) is 21.0 Å². The number of nitrogens with one attached hydrogen (secondary N) is 1. The van der Waals surface area contributed by atoms with Gasteiger partial charge in [0, 0.05) is 11.6 Å². The Hall–Kier alpha value is -2.83. The number of nitrogens with zero attached hydrogens (tertiary/aromatic N) is 3. The Kier molecular flexibility index (Phi) is 3.31. The van der Waals surface area contributed by atoms with Gasteiger partial charge in [0.05, 0.1) is 17.1 Å². The molecule has 0 aliphatic carbocycles. The van der Waals surface area contributed by atoms with Crippen molar-refractivity contribution in [2.45, 2.75) is 13.0 Å². The summed E-state index contributed by atoms with van der Waals surface area (Å²) in [5.74, 6) is -0.597. The molecule has 0 radical (unpaired) electrons. The minimum Gasteiger partial charge on any atom is -0.343 e. The number of hydrogen-bond acceptors (Lipinski definition) is 5. The van der Waals surface area contributed by atoms with Crippen LogP contribution in [0.25, 0.3) is 10.9 Å². The monoisotopic (exact) mass is 286 g/mol. The molecule has 6 nitrogen and oxygen atoms in total. The molecule has 1 atom stereocenters. The van der Waals surface area contributed by atoms with Crippen LogP contribution < -0.4 is 5.32 Å². The normalized spacial score (nSPS) is 12.3. The summed E-state index contributed by atoms with van der Waals surface area (Å²) in [5.41, 5.74) is 0.609. The number of rotatable bonds is 3. The highest BCUT2D eigenvalue weighted by Crippen LogP contribution is 2.19. The molecule has 21 heavy (non-hydrogen) atoms. The summed E-state index contributed by atoms with van der Waals surface area (Å²) in [6, 6.07) is 5.42. The van der Waals surface area contributed by atoms with Crippen molar-refractivity contribution >= 4 is 16.8 Å². The number of carbonyl (C=O) groups excluding carboxylic acids is 1. The predicted octanol–water partition coefficient (Wildman–Crippen LogP) is 2.25. The number of pyridine rings is 1. The molecule has 0 aliphatic rings. The van der Waals surface area contributed by atoms with Crippen LogP contribution in [0.3, 0.4) is 0 Å². The van der Waals surface area contributed by atoms with Gasteiger partial charge in [-0.25, -0.2) is 4.39 Å². The maximum atomic E-state index is 13.6. The molecule has 0 saturated carbocycles. The standard InChI is InChI=1S/C14H11FN4O2/c1-8(13-17-7-21-19-13)18-14(20)11-6-10(15)5-9-3-2-4-16-12(9)11/h2-8H,1H3,(H,18,20)/t8-/m1/s1. The minimum absolute atomic E-state index is 0.168. The summed E-state index contributed by atoms with van der Waals surface area (Å²) in [7, 11) is 0. The number of carbonyl (C=O) groups is 1. The lowest BCUT2D eigenvalue weighted by Crippen LogP contribution is -2.27. The van der Waals surface area contributed by atoms with E-state index in [-0.39, 0.29) is 5.56 Å². The summed E-state index contributed by atoms with van der Waals surface area (Å²) < 4.78 is 18.2. The van der Waals surface area contributed by atoms with Crippen LogP contribution in [0, 0.1) is 5.82 Å². The molecule has 0 unspecified atom stereocenters. The van der Waals surface area contributed by atoms with Crippen LogP contribution in [0.2, 0.25) is 0 Å². The van der Waals surface area contributed by atoms with E-state index in [9.17, 15) is 9.18 Å². The Morgan fingerprint density at radius 3 is 3.00 bits per heavy atom. The third-order valence-electron chi connectivity index (χ3n) is 3.03. The van der Waals surface area contributed by atoms with E-state index in [4.69, 9.17) is 0 Å². The summed E-state index contributed by atoms with van der Waals surface area (Å²) in [6.07, 6.45) is 2.73. The fourth-order valence-electron chi connectivity index (χ4n) is 2.04. The fraction of sp³-hybridized carbons (Fsp3) is 0.143. The van der Waals surface area contributed by atoms with Gasteiger partial charge in [0.1, 0.15) is 5.82 Å². The van der Waals surface area contributed by atoms with Crippen molar-refractivity contribution in [1.29, 1.82) is 0 Å². The molecule has 1 N–H and O–H groups in total. The second-order valence-electron chi connectivity index (χ2n) is 4.51. The van der Waals surface area contributed by atoms with Crippen LogP contribution >= 0.6 is 0 Å².